The number of rotatable bonds is 10. The van der Waals surface area contributed by atoms with Gasteiger partial charge in [-0.1, -0.05) is 6.07 Å². The number of unbranched alkanes of at least 4 members (excludes halogenated alkanes) is 1. The third-order valence-electron chi connectivity index (χ3n) is 3.80. The molecule has 0 amide bonds. The SMILES string of the molecule is CC(NS(=O)(=O)CCCCO)c1ccc(F)c(OCC2CC2)c1. The van der Waals surface area contributed by atoms with Gasteiger partial charge < -0.3 is 9.84 Å². The van der Waals surface area contributed by atoms with Crippen LogP contribution in [0.2, 0.25) is 0 Å². The molecule has 1 saturated carbocycles. The molecule has 0 aliphatic heterocycles. The third kappa shape index (κ3) is 6.08. The molecular weight excluding hydrogens is 321 g/mol. The van der Waals surface area contributed by atoms with E-state index >= 15 is 0 Å². The average Bonchev–Trinajstić information content (AvgIpc) is 3.30. The van der Waals surface area contributed by atoms with E-state index in [-0.39, 0.29) is 18.1 Å². The minimum atomic E-state index is -3.44. The van der Waals surface area contributed by atoms with Gasteiger partial charge in [-0.05, 0) is 56.2 Å². The molecule has 2 N–H and O–H groups in total. The molecule has 1 aliphatic rings. The van der Waals surface area contributed by atoms with Gasteiger partial charge in [-0.2, -0.15) is 0 Å². The lowest BCUT2D eigenvalue weighted by molar-refractivity contribution is 0.285. The summed E-state index contributed by atoms with van der Waals surface area (Å²) in [6, 6.07) is 3.94. The minimum Gasteiger partial charge on any atom is -0.490 e. The maximum atomic E-state index is 13.8. The second-order valence-electron chi connectivity index (χ2n) is 6.03. The molecule has 5 nitrogen and oxygen atoms in total. The Labute approximate surface area is 136 Å². The van der Waals surface area contributed by atoms with Crippen molar-refractivity contribution in [2.75, 3.05) is 19.0 Å². The fraction of sp³-hybridized carbons (Fsp3) is 0.625. The van der Waals surface area contributed by atoms with E-state index < -0.39 is 21.9 Å². The summed E-state index contributed by atoms with van der Waals surface area (Å²) in [6.07, 6.45) is 3.08. The van der Waals surface area contributed by atoms with Crippen LogP contribution in [0.3, 0.4) is 0 Å². The maximum Gasteiger partial charge on any atom is 0.212 e. The molecule has 0 spiro atoms. The third-order valence-corrected chi connectivity index (χ3v) is 5.34. The van der Waals surface area contributed by atoms with E-state index in [1.807, 2.05) is 0 Å². The van der Waals surface area contributed by atoms with Crippen molar-refractivity contribution in [3.05, 3.63) is 29.6 Å². The first-order chi connectivity index (χ1) is 10.9. The predicted molar refractivity (Wildman–Crippen MR) is 86.3 cm³/mol. The number of aliphatic hydroxyl groups excluding tert-OH is 1. The molecule has 0 radical (unpaired) electrons. The van der Waals surface area contributed by atoms with Crippen LogP contribution in [0.5, 0.6) is 5.75 Å². The van der Waals surface area contributed by atoms with Gasteiger partial charge in [-0.15, -0.1) is 0 Å². The van der Waals surface area contributed by atoms with Crippen molar-refractivity contribution < 1.29 is 22.7 Å². The summed E-state index contributed by atoms with van der Waals surface area (Å²) >= 11 is 0. The first-order valence-corrected chi connectivity index (χ1v) is 9.59. The highest BCUT2D eigenvalue weighted by atomic mass is 32.2. The summed E-state index contributed by atoms with van der Waals surface area (Å²) in [4.78, 5) is 0. The maximum absolute atomic E-state index is 13.8. The lowest BCUT2D eigenvalue weighted by atomic mass is 10.1. The van der Waals surface area contributed by atoms with Crippen LogP contribution < -0.4 is 9.46 Å². The van der Waals surface area contributed by atoms with E-state index in [1.165, 1.54) is 6.07 Å². The molecule has 7 heteroatoms. The number of sulfonamides is 1. The van der Waals surface area contributed by atoms with Crippen LogP contribution >= 0.6 is 0 Å². The van der Waals surface area contributed by atoms with Gasteiger partial charge in [0.05, 0.1) is 12.4 Å². The van der Waals surface area contributed by atoms with E-state index in [0.29, 0.717) is 30.9 Å². The zero-order valence-electron chi connectivity index (χ0n) is 13.3. The highest BCUT2D eigenvalue weighted by Gasteiger charge is 2.23. The van der Waals surface area contributed by atoms with Crippen LogP contribution in [-0.2, 0) is 10.0 Å². The predicted octanol–water partition coefficient (Wildman–Crippen LogP) is 2.37. The highest BCUT2D eigenvalue weighted by molar-refractivity contribution is 7.89. The van der Waals surface area contributed by atoms with Crippen molar-refractivity contribution in [3.8, 4) is 5.75 Å². The van der Waals surface area contributed by atoms with Gasteiger partial charge in [0, 0.05) is 12.6 Å². The van der Waals surface area contributed by atoms with Crippen LogP contribution in [0.25, 0.3) is 0 Å². The molecule has 0 aromatic heterocycles. The number of aliphatic hydroxyl groups is 1. The standard InChI is InChI=1S/C16H24FNO4S/c1-12(18-23(20,21)9-3-2-8-19)14-6-7-15(17)16(10-14)22-11-13-4-5-13/h6-7,10,12-13,18-19H,2-5,8-9,11H2,1H3. The number of halogens is 1. The molecule has 1 unspecified atom stereocenters. The average molecular weight is 345 g/mol. The molecular formula is C16H24FNO4S. The van der Waals surface area contributed by atoms with Gasteiger partial charge in [0.25, 0.3) is 0 Å². The Morgan fingerprint density at radius 1 is 1.39 bits per heavy atom. The molecule has 0 saturated heterocycles. The molecule has 0 bridgehead atoms. The second-order valence-corrected chi connectivity index (χ2v) is 7.91. The van der Waals surface area contributed by atoms with Crippen molar-refractivity contribution in [2.45, 2.75) is 38.6 Å². The van der Waals surface area contributed by atoms with Crippen molar-refractivity contribution in [1.82, 2.24) is 4.72 Å². The van der Waals surface area contributed by atoms with E-state index in [1.54, 1.807) is 19.1 Å². The normalized spacial score (nSPS) is 16.3. The molecule has 1 aliphatic carbocycles. The number of nitrogens with one attached hydrogen (secondary N) is 1. The van der Waals surface area contributed by atoms with Crippen LogP contribution in [0.15, 0.2) is 18.2 Å². The van der Waals surface area contributed by atoms with Crippen molar-refractivity contribution >= 4 is 10.0 Å². The molecule has 1 atom stereocenters. The quantitative estimate of drug-likeness (QED) is 0.638. The summed E-state index contributed by atoms with van der Waals surface area (Å²) < 4.78 is 45.7. The Morgan fingerprint density at radius 3 is 2.78 bits per heavy atom. The summed E-state index contributed by atoms with van der Waals surface area (Å²) in [5.41, 5.74) is 0.655. The van der Waals surface area contributed by atoms with E-state index in [0.717, 1.165) is 12.8 Å². The number of benzene rings is 1. The van der Waals surface area contributed by atoms with E-state index in [4.69, 9.17) is 9.84 Å². The van der Waals surface area contributed by atoms with Crippen molar-refractivity contribution in [3.63, 3.8) is 0 Å². The van der Waals surface area contributed by atoms with Crippen LogP contribution in [0, 0.1) is 11.7 Å². The highest BCUT2D eigenvalue weighted by Crippen LogP contribution is 2.31. The number of hydrogen-bond donors (Lipinski definition) is 2. The summed E-state index contributed by atoms with van der Waals surface area (Å²) in [5.74, 6) is 0.207. The van der Waals surface area contributed by atoms with Gasteiger partial charge in [0.1, 0.15) is 0 Å². The van der Waals surface area contributed by atoms with Gasteiger partial charge in [0.2, 0.25) is 10.0 Å². The lowest BCUT2D eigenvalue weighted by Crippen LogP contribution is -2.29. The lowest BCUT2D eigenvalue weighted by Gasteiger charge is -2.16. The number of hydrogen-bond acceptors (Lipinski definition) is 4. The monoisotopic (exact) mass is 345 g/mol. The summed E-state index contributed by atoms with van der Waals surface area (Å²) in [5, 5.41) is 8.71. The Balaban J connectivity index is 1.97. The molecule has 130 valence electrons. The smallest absolute Gasteiger partial charge is 0.212 e. The van der Waals surface area contributed by atoms with Crippen molar-refractivity contribution in [2.24, 2.45) is 5.92 Å². The molecule has 1 aromatic rings. The molecule has 2 rings (SSSR count). The summed E-state index contributed by atoms with van der Waals surface area (Å²) in [7, 11) is -3.44. The number of ether oxygens (including phenoxy) is 1. The Bertz CT molecular complexity index is 617. The zero-order chi connectivity index (χ0) is 16.9. The van der Waals surface area contributed by atoms with Gasteiger partial charge >= 0.3 is 0 Å². The first kappa shape index (κ1) is 18.2. The fourth-order valence-corrected chi connectivity index (χ4v) is 3.57. The van der Waals surface area contributed by atoms with Crippen LogP contribution in [-0.4, -0.2) is 32.5 Å². The van der Waals surface area contributed by atoms with Crippen LogP contribution in [0.1, 0.15) is 44.2 Å². The Kier molecular flexibility index (Phi) is 6.38. The molecule has 0 heterocycles. The van der Waals surface area contributed by atoms with Gasteiger partial charge in [0.15, 0.2) is 11.6 Å². The Hall–Kier alpha value is -1.18. The minimum absolute atomic E-state index is 0.0231. The zero-order valence-corrected chi connectivity index (χ0v) is 14.1. The largest absolute Gasteiger partial charge is 0.490 e. The van der Waals surface area contributed by atoms with E-state index in [9.17, 15) is 12.8 Å². The first-order valence-electron chi connectivity index (χ1n) is 7.94. The van der Waals surface area contributed by atoms with E-state index in [2.05, 4.69) is 4.72 Å². The summed E-state index contributed by atoms with van der Waals surface area (Å²) in [6.45, 7) is 2.19. The molecule has 1 aromatic carbocycles. The van der Waals surface area contributed by atoms with Gasteiger partial charge in [-0.3, -0.25) is 0 Å². The second kappa shape index (κ2) is 8.08. The Morgan fingerprint density at radius 2 is 2.13 bits per heavy atom. The van der Waals surface area contributed by atoms with Crippen LogP contribution in [0.4, 0.5) is 4.39 Å². The van der Waals surface area contributed by atoms with Gasteiger partial charge in [-0.25, -0.2) is 17.5 Å². The fourth-order valence-electron chi connectivity index (χ4n) is 2.19. The van der Waals surface area contributed by atoms with Crippen molar-refractivity contribution in [1.29, 1.82) is 0 Å². The topological polar surface area (TPSA) is 75.6 Å². The molecule has 23 heavy (non-hydrogen) atoms. The molecule has 1 fully saturated rings.